The molecule has 1 N–H and O–H groups in total. The predicted octanol–water partition coefficient (Wildman–Crippen LogP) is 1.40. The van der Waals surface area contributed by atoms with Crippen LogP contribution in [0.3, 0.4) is 0 Å². The highest BCUT2D eigenvalue weighted by molar-refractivity contribution is 6.30. The van der Waals surface area contributed by atoms with Crippen LogP contribution in [0.4, 0.5) is 10.5 Å². The van der Waals surface area contributed by atoms with E-state index in [2.05, 4.69) is 15.4 Å². The third kappa shape index (κ3) is 3.39. The minimum atomic E-state index is -0.649. The van der Waals surface area contributed by atoms with Crippen molar-refractivity contribution in [1.82, 2.24) is 24.6 Å². The molecule has 3 aromatic rings. The van der Waals surface area contributed by atoms with Crippen LogP contribution in [0.5, 0.6) is 0 Å². The summed E-state index contributed by atoms with van der Waals surface area (Å²) in [4.78, 5) is 42.8. The average Bonchev–Trinajstić information content (AvgIpc) is 3.18. The number of fused-ring (bicyclic) bond motifs is 1. The van der Waals surface area contributed by atoms with E-state index in [1.807, 2.05) is 6.07 Å². The second-order valence-electron chi connectivity index (χ2n) is 6.13. The van der Waals surface area contributed by atoms with Crippen LogP contribution in [0, 0.1) is 0 Å². The molecule has 1 aliphatic heterocycles. The first kappa shape index (κ1) is 17.9. The van der Waals surface area contributed by atoms with Crippen LogP contribution < -0.4 is 15.9 Å². The Morgan fingerprint density at radius 1 is 1.14 bits per heavy atom. The molecule has 0 atom stereocenters. The highest BCUT2D eigenvalue weighted by atomic mass is 35.5. The van der Waals surface area contributed by atoms with Gasteiger partial charge in [0.1, 0.15) is 6.54 Å². The summed E-state index contributed by atoms with van der Waals surface area (Å²) >= 11 is 5.87. The monoisotopic (exact) mass is 398 g/mol. The number of pyridine rings is 1. The summed E-state index contributed by atoms with van der Waals surface area (Å²) < 4.78 is 1.96. The van der Waals surface area contributed by atoms with Gasteiger partial charge in [-0.3, -0.25) is 14.7 Å². The van der Waals surface area contributed by atoms with Gasteiger partial charge in [0.15, 0.2) is 5.82 Å². The summed E-state index contributed by atoms with van der Waals surface area (Å²) in [6, 6.07) is 11.6. The maximum absolute atomic E-state index is 12.6. The molecule has 0 saturated heterocycles. The van der Waals surface area contributed by atoms with Crippen LogP contribution in [-0.2, 0) is 24.4 Å². The molecule has 0 aliphatic carbocycles. The molecule has 4 rings (SSSR count). The van der Waals surface area contributed by atoms with Crippen molar-refractivity contribution in [2.75, 3.05) is 4.90 Å². The Balaban J connectivity index is 1.45. The van der Waals surface area contributed by atoms with Crippen molar-refractivity contribution in [2.24, 2.45) is 0 Å². The zero-order valence-corrected chi connectivity index (χ0v) is 15.3. The van der Waals surface area contributed by atoms with Crippen molar-refractivity contribution in [3.63, 3.8) is 0 Å². The Morgan fingerprint density at radius 2 is 1.93 bits per heavy atom. The van der Waals surface area contributed by atoms with Crippen molar-refractivity contribution in [2.45, 2.75) is 19.6 Å². The van der Waals surface area contributed by atoms with Gasteiger partial charge in [-0.05, 0) is 36.4 Å². The molecule has 2 aromatic heterocycles. The van der Waals surface area contributed by atoms with Crippen molar-refractivity contribution in [3.05, 3.63) is 75.7 Å². The molecule has 0 unspecified atom stereocenters. The van der Waals surface area contributed by atoms with Gasteiger partial charge in [0.05, 0.1) is 18.8 Å². The molecule has 28 heavy (non-hydrogen) atoms. The fourth-order valence-electron chi connectivity index (χ4n) is 2.89. The molecule has 2 amide bonds. The lowest BCUT2D eigenvalue weighted by Crippen LogP contribution is -2.37. The number of rotatable bonds is 5. The van der Waals surface area contributed by atoms with Crippen LogP contribution in [-0.4, -0.2) is 31.3 Å². The Labute approximate surface area is 164 Å². The highest BCUT2D eigenvalue weighted by Crippen LogP contribution is 2.23. The van der Waals surface area contributed by atoms with E-state index in [4.69, 9.17) is 11.6 Å². The zero-order chi connectivity index (χ0) is 19.7. The van der Waals surface area contributed by atoms with Crippen molar-refractivity contribution in [3.8, 4) is 0 Å². The number of nitrogens with one attached hydrogen (secondary N) is 1. The number of anilines is 1. The van der Waals surface area contributed by atoms with Crippen LogP contribution in [0.1, 0.15) is 11.5 Å². The summed E-state index contributed by atoms with van der Waals surface area (Å²) in [5.41, 5.74) is 0.660. The number of hydrogen-bond donors (Lipinski definition) is 1. The standard InChI is InChI=1S/C18H15ClN6O3/c19-12-4-6-14(7-5-12)23-10-15-22-24(18(28)25(15)17(23)27)11-16(26)21-9-13-3-1-2-8-20-13/h1-8H,9-11H2,(H,21,26). The average molecular weight is 399 g/mol. The maximum Gasteiger partial charge on any atom is 0.354 e. The molecule has 0 spiro atoms. The van der Waals surface area contributed by atoms with Gasteiger partial charge in [0, 0.05) is 16.9 Å². The van der Waals surface area contributed by atoms with E-state index in [-0.39, 0.29) is 25.5 Å². The van der Waals surface area contributed by atoms with Crippen LogP contribution in [0.25, 0.3) is 0 Å². The number of hydrogen-bond acceptors (Lipinski definition) is 5. The number of nitrogens with zero attached hydrogens (tertiary/aromatic N) is 5. The quantitative estimate of drug-likeness (QED) is 0.699. The number of carbonyl (C=O) groups is 2. The molecule has 3 heterocycles. The first-order valence-electron chi connectivity index (χ1n) is 8.46. The van der Waals surface area contributed by atoms with E-state index >= 15 is 0 Å². The minimum Gasteiger partial charge on any atom is -0.349 e. The smallest absolute Gasteiger partial charge is 0.349 e. The van der Waals surface area contributed by atoms with Gasteiger partial charge >= 0.3 is 11.7 Å². The minimum absolute atomic E-state index is 0.137. The molecule has 1 aliphatic rings. The third-order valence-corrected chi connectivity index (χ3v) is 4.50. The van der Waals surface area contributed by atoms with E-state index in [9.17, 15) is 14.4 Å². The van der Waals surface area contributed by atoms with E-state index in [1.165, 1.54) is 4.90 Å². The number of halogens is 1. The summed E-state index contributed by atoms with van der Waals surface area (Å²) in [6.07, 6.45) is 1.63. The van der Waals surface area contributed by atoms with Gasteiger partial charge in [0.25, 0.3) is 0 Å². The Hall–Kier alpha value is -3.46. The first-order chi connectivity index (χ1) is 13.5. The lowest BCUT2D eigenvalue weighted by molar-refractivity contribution is -0.122. The maximum atomic E-state index is 12.6. The van der Waals surface area contributed by atoms with E-state index in [0.29, 0.717) is 16.4 Å². The second kappa shape index (κ2) is 7.28. The molecule has 0 radical (unpaired) electrons. The van der Waals surface area contributed by atoms with E-state index in [1.54, 1.807) is 42.6 Å². The summed E-state index contributed by atoms with van der Waals surface area (Å²) in [5, 5.41) is 7.35. The van der Waals surface area contributed by atoms with Crippen LogP contribution in [0.15, 0.2) is 53.5 Å². The van der Waals surface area contributed by atoms with E-state index in [0.717, 1.165) is 9.25 Å². The fourth-order valence-corrected chi connectivity index (χ4v) is 3.01. The third-order valence-electron chi connectivity index (χ3n) is 4.25. The van der Waals surface area contributed by atoms with E-state index < -0.39 is 17.6 Å². The summed E-state index contributed by atoms with van der Waals surface area (Å²) in [6.45, 7) is 0.101. The molecule has 10 heteroatoms. The molecular formula is C18H15ClN6O3. The topological polar surface area (TPSA) is 102 Å². The van der Waals surface area contributed by atoms with Gasteiger partial charge in [-0.25, -0.2) is 14.3 Å². The SMILES string of the molecule is O=C(Cn1nc2n(c1=O)C(=O)N(c1ccc(Cl)cc1)C2)NCc1ccccn1. The van der Waals surface area contributed by atoms with Gasteiger partial charge in [-0.2, -0.15) is 9.67 Å². The highest BCUT2D eigenvalue weighted by Gasteiger charge is 2.33. The van der Waals surface area contributed by atoms with Gasteiger partial charge in [0.2, 0.25) is 5.91 Å². The number of aromatic nitrogens is 4. The Bertz CT molecular complexity index is 1090. The van der Waals surface area contributed by atoms with Crippen LogP contribution in [0.2, 0.25) is 5.02 Å². The summed E-state index contributed by atoms with van der Waals surface area (Å²) in [5.74, 6) is -0.117. The molecule has 0 saturated carbocycles. The fraction of sp³-hybridized carbons (Fsp3) is 0.167. The molecule has 9 nitrogen and oxygen atoms in total. The lowest BCUT2D eigenvalue weighted by atomic mass is 10.3. The second-order valence-corrected chi connectivity index (χ2v) is 6.57. The molecule has 1 aromatic carbocycles. The van der Waals surface area contributed by atoms with Crippen molar-refractivity contribution >= 4 is 29.2 Å². The molecule has 0 bridgehead atoms. The normalized spacial score (nSPS) is 12.9. The number of benzene rings is 1. The zero-order valence-electron chi connectivity index (χ0n) is 14.6. The van der Waals surface area contributed by atoms with Gasteiger partial charge in [-0.15, -0.1) is 0 Å². The Kier molecular flexibility index (Phi) is 4.66. The summed E-state index contributed by atoms with van der Waals surface area (Å²) in [7, 11) is 0. The molecular weight excluding hydrogens is 384 g/mol. The predicted molar refractivity (Wildman–Crippen MR) is 101 cm³/mol. The van der Waals surface area contributed by atoms with Crippen molar-refractivity contribution in [1.29, 1.82) is 0 Å². The van der Waals surface area contributed by atoms with Gasteiger partial charge < -0.3 is 5.32 Å². The largest absolute Gasteiger partial charge is 0.354 e. The van der Waals surface area contributed by atoms with Gasteiger partial charge in [-0.1, -0.05) is 17.7 Å². The first-order valence-corrected chi connectivity index (χ1v) is 8.83. The Morgan fingerprint density at radius 3 is 2.61 bits per heavy atom. The van der Waals surface area contributed by atoms with Crippen LogP contribution >= 0.6 is 11.6 Å². The number of carbonyl (C=O) groups excluding carboxylic acids is 2. The molecule has 0 fully saturated rings. The van der Waals surface area contributed by atoms with Crippen molar-refractivity contribution < 1.29 is 9.59 Å². The molecule has 142 valence electrons. The lowest BCUT2D eigenvalue weighted by Gasteiger charge is -2.14. The number of amides is 2.